The van der Waals surface area contributed by atoms with E-state index >= 15 is 0 Å². The molecule has 0 aliphatic rings. The molecule has 0 spiro atoms. The van der Waals surface area contributed by atoms with Crippen LogP contribution < -0.4 is 10.6 Å². The zero-order chi connectivity index (χ0) is 21.2. The van der Waals surface area contributed by atoms with Gasteiger partial charge in [-0.2, -0.15) is 5.10 Å². The third-order valence-electron chi connectivity index (χ3n) is 4.66. The van der Waals surface area contributed by atoms with Gasteiger partial charge in [-0.3, -0.25) is 9.58 Å². The number of halogens is 1. The molecule has 1 rings (SSSR count). The molecule has 1 aromatic rings. The third-order valence-corrected chi connectivity index (χ3v) is 4.66. The number of aliphatic hydroxyl groups is 1. The predicted octanol–water partition coefficient (Wildman–Crippen LogP) is 2.50. The van der Waals surface area contributed by atoms with Crippen molar-refractivity contribution in [1.29, 1.82) is 0 Å². The summed E-state index contributed by atoms with van der Waals surface area (Å²) in [4.78, 5) is 6.94. The van der Waals surface area contributed by atoms with Crippen LogP contribution in [0.2, 0.25) is 0 Å². The predicted molar refractivity (Wildman–Crippen MR) is 133 cm³/mol. The van der Waals surface area contributed by atoms with E-state index in [2.05, 4.69) is 52.6 Å². The summed E-state index contributed by atoms with van der Waals surface area (Å²) < 4.78 is 1.68. The highest BCUT2D eigenvalue weighted by molar-refractivity contribution is 14.0. The van der Waals surface area contributed by atoms with Crippen molar-refractivity contribution < 1.29 is 5.11 Å². The summed E-state index contributed by atoms with van der Waals surface area (Å²) in [6.07, 6.45) is 7.33. The fraction of sp³-hybridized carbons (Fsp3) is 0.619. The Bertz CT molecular complexity index is 631. The summed E-state index contributed by atoms with van der Waals surface area (Å²) in [6.45, 7) is 19.3. The van der Waals surface area contributed by atoms with Crippen molar-refractivity contribution in [3.05, 3.63) is 43.3 Å². The smallest absolute Gasteiger partial charge is 0.191 e. The highest BCUT2D eigenvalue weighted by Gasteiger charge is 2.25. The first-order valence-corrected chi connectivity index (χ1v) is 9.94. The van der Waals surface area contributed by atoms with E-state index in [9.17, 15) is 5.11 Å². The van der Waals surface area contributed by atoms with Gasteiger partial charge in [-0.1, -0.05) is 26.0 Å². The van der Waals surface area contributed by atoms with Crippen LogP contribution in [0.3, 0.4) is 0 Å². The summed E-state index contributed by atoms with van der Waals surface area (Å²) in [6, 6.07) is 0.304. The lowest BCUT2D eigenvalue weighted by Crippen LogP contribution is -2.49. The molecule has 8 heteroatoms. The molecule has 166 valence electrons. The molecule has 0 saturated carbocycles. The number of nitrogens with one attached hydrogen (secondary N) is 2. The van der Waals surface area contributed by atoms with E-state index in [1.807, 2.05) is 32.3 Å². The van der Waals surface area contributed by atoms with E-state index < -0.39 is 5.60 Å². The molecule has 1 heterocycles. The Labute approximate surface area is 193 Å². The Hall–Kier alpha value is -1.39. The average Bonchev–Trinajstić information content (AvgIpc) is 3.07. The van der Waals surface area contributed by atoms with Crippen molar-refractivity contribution in [2.24, 2.45) is 18.0 Å². The number of aryl methyl sites for hydroxylation is 1. The Morgan fingerprint density at radius 1 is 1.34 bits per heavy atom. The van der Waals surface area contributed by atoms with Crippen molar-refractivity contribution in [3.8, 4) is 0 Å². The van der Waals surface area contributed by atoms with Gasteiger partial charge in [-0.05, 0) is 19.8 Å². The molecule has 1 aromatic heterocycles. The molecule has 0 amide bonds. The van der Waals surface area contributed by atoms with E-state index in [0.717, 1.165) is 31.7 Å². The molecule has 3 N–H and O–H groups in total. The van der Waals surface area contributed by atoms with E-state index in [0.29, 0.717) is 17.9 Å². The van der Waals surface area contributed by atoms with Crippen LogP contribution in [-0.4, -0.2) is 64.5 Å². The monoisotopic (exact) mass is 518 g/mol. The van der Waals surface area contributed by atoms with Gasteiger partial charge in [-0.25, -0.2) is 4.99 Å². The van der Waals surface area contributed by atoms with Gasteiger partial charge < -0.3 is 15.7 Å². The van der Waals surface area contributed by atoms with E-state index in [-0.39, 0.29) is 30.5 Å². The minimum Gasteiger partial charge on any atom is -0.383 e. The van der Waals surface area contributed by atoms with Crippen molar-refractivity contribution >= 4 is 29.9 Å². The third kappa shape index (κ3) is 9.31. The molecule has 0 saturated heterocycles. The first-order chi connectivity index (χ1) is 13.2. The highest BCUT2D eigenvalue weighted by atomic mass is 127. The summed E-state index contributed by atoms with van der Waals surface area (Å²) >= 11 is 0. The van der Waals surface area contributed by atoms with Crippen LogP contribution in [0.4, 0.5) is 0 Å². The first kappa shape index (κ1) is 27.6. The normalized spacial score (nSPS) is 14.8. The number of aliphatic imine (C=N–C) groups is 1. The molecule has 0 aromatic carbocycles. The molecule has 29 heavy (non-hydrogen) atoms. The van der Waals surface area contributed by atoms with Crippen LogP contribution in [-0.2, 0) is 12.6 Å². The number of aromatic nitrogens is 2. The molecule has 7 nitrogen and oxygen atoms in total. The Morgan fingerprint density at radius 2 is 1.97 bits per heavy atom. The molecule has 0 radical (unpaired) electrons. The molecule has 0 aliphatic heterocycles. The molecule has 2 atom stereocenters. The standard InChI is InChI=1S/C21H38N6O.HI/c1-8-11-27(12-9-2)19(17(4)5)14-23-20(22-10-3)24-16-21(6,28)18-13-25-26(7)15-18;/h8-9,13,15,17,19,28H,1-2,10-12,14,16H2,3-7H3,(H2,22,23,24);1H. The lowest BCUT2D eigenvalue weighted by molar-refractivity contribution is 0.0671. The van der Waals surface area contributed by atoms with Gasteiger partial charge in [0.05, 0.1) is 12.7 Å². The topological polar surface area (TPSA) is 77.7 Å². The van der Waals surface area contributed by atoms with Gasteiger partial charge >= 0.3 is 0 Å². The summed E-state index contributed by atoms with van der Waals surface area (Å²) in [5.41, 5.74) is -0.330. The van der Waals surface area contributed by atoms with E-state index in [1.54, 1.807) is 17.8 Å². The number of guanidine groups is 1. The van der Waals surface area contributed by atoms with E-state index in [4.69, 9.17) is 0 Å². The van der Waals surface area contributed by atoms with Crippen LogP contribution in [0, 0.1) is 5.92 Å². The molecule has 0 aliphatic carbocycles. The van der Waals surface area contributed by atoms with E-state index in [1.165, 1.54) is 0 Å². The fourth-order valence-corrected chi connectivity index (χ4v) is 3.03. The molecular formula is C21H39IN6O. The van der Waals surface area contributed by atoms with Crippen molar-refractivity contribution in [3.63, 3.8) is 0 Å². The fourth-order valence-electron chi connectivity index (χ4n) is 3.03. The molecule has 0 bridgehead atoms. The van der Waals surface area contributed by atoms with Crippen molar-refractivity contribution in [1.82, 2.24) is 25.3 Å². The Balaban J connectivity index is 0.00000784. The molecular weight excluding hydrogens is 479 g/mol. The Kier molecular flexibility index (Phi) is 13.1. The van der Waals surface area contributed by atoms with Crippen molar-refractivity contribution in [2.75, 3.05) is 32.7 Å². The highest BCUT2D eigenvalue weighted by Crippen LogP contribution is 2.19. The average molecular weight is 518 g/mol. The van der Waals surface area contributed by atoms with Crippen molar-refractivity contribution in [2.45, 2.75) is 39.3 Å². The maximum absolute atomic E-state index is 10.8. The maximum Gasteiger partial charge on any atom is 0.191 e. The summed E-state index contributed by atoms with van der Waals surface area (Å²) in [5.74, 6) is 1.14. The van der Waals surface area contributed by atoms with Crippen LogP contribution in [0.5, 0.6) is 0 Å². The quantitative estimate of drug-likeness (QED) is 0.172. The lowest BCUT2D eigenvalue weighted by Gasteiger charge is -2.33. The first-order valence-electron chi connectivity index (χ1n) is 9.94. The minimum absolute atomic E-state index is 0. The van der Waals surface area contributed by atoms with Gasteiger partial charge in [0, 0.05) is 51.0 Å². The SMILES string of the molecule is C=CCN(CC=C)C(CNC(=NCC(C)(O)c1cnn(C)c1)NCC)C(C)C.I. The summed E-state index contributed by atoms with van der Waals surface area (Å²) in [5, 5.41) is 21.6. The number of hydrogen-bond donors (Lipinski definition) is 3. The van der Waals surface area contributed by atoms with Gasteiger partial charge in [0.15, 0.2) is 5.96 Å². The second-order valence-corrected chi connectivity index (χ2v) is 7.60. The van der Waals surface area contributed by atoms with Gasteiger partial charge in [0.1, 0.15) is 5.60 Å². The second kappa shape index (κ2) is 13.8. The number of hydrogen-bond acceptors (Lipinski definition) is 4. The van der Waals surface area contributed by atoms with Gasteiger partial charge in [-0.15, -0.1) is 37.1 Å². The molecule has 2 unspecified atom stereocenters. The minimum atomic E-state index is -1.08. The van der Waals surface area contributed by atoms with Crippen LogP contribution in [0.15, 0.2) is 42.7 Å². The van der Waals surface area contributed by atoms with Crippen LogP contribution in [0.25, 0.3) is 0 Å². The van der Waals surface area contributed by atoms with Gasteiger partial charge in [0.25, 0.3) is 0 Å². The number of nitrogens with zero attached hydrogens (tertiary/aromatic N) is 4. The van der Waals surface area contributed by atoms with Gasteiger partial charge in [0.2, 0.25) is 0 Å². The van der Waals surface area contributed by atoms with Crippen LogP contribution >= 0.6 is 24.0 Å². The summed E-state index contributed by atoms with van der Waals surface area (Å²) in [7, 11) is 1.83. The number of rotatable bonds is 12. The Morgan fingerprint density at radius 3 is 2.41 bits per heavy atom. The largest absolute Gasteiger partial charge is 0.383 e. The molecule has 0 fully saturated rings. The lowest BCUT2D eigenvalue weighted by atomic mass is 10.0. The zero-order valence-electron chi connectivity index (χ0n) is 18.6. The zero-order valence-corrected chi connectivity index (χ0v) is 20.9. The van der Waals surface area contributed by atoms with Crippen LogP contribution in [0.1, 0.15) is 33.3 Å². The second-order valence-electron chi connectivity index (χ2n) is 7.60. The maximum atomic E-state index is 10.8.